The van der Waals surface area contributed by atoms with Crippen LogP contribution >= 0.6 is 0 Å². The van der Waals surface area contributed by atoms with Crippen molar-refractivity contribution in [3.8, 4) is 12.3 Å². The molecule has 0 spiro atoms. The molecule has 0 saturated heterocycles. The van der Waals surface area contributed by atoms with E-state index >= 15 is 0 Å². The molecule has 0 radical (unpaired) electrons. The zero-order chi connectivity index (χ0) is 25.5. The summed E-state index contributed by atoms with van der Waals surface area (Å²) in [5.41, 5.74) is 0.875. The summed E-state index contributed by atoms with van der Waals surface area (Å²) in [5.74, 6) is -2.01. The van der Waals surface area contributed by atoms with E-state index in [0.717, 1.165) is 17.7 Å². The van der Waals surface area contributed by atoms with Gasteiger partial charge in [-0.3, -0.25) is 14.4 Å². The highest BCUT2D eigenvalue weighted by Crippen LogP contribution is 2.18. The van der Waals surface area contributed by atoms with Crippen LogP contribution in [0.5, 0.6) is 0 Å². The Balaban J connectivity index is 1.70. The number of hydrogen-bond donors (Lipinski definition) is 5. The molecule has 5 N–H and O–H groups in total. The average Bonchev–Trinajstić information content (AvgIpc) is 2.81. The Morgan fingerprint density at radius 3 is 2.60 bits per heavy atom. The molecular weight excluding hydrogens is 459 g/mol. The van der Waals surface area contributed by atoms with Crippen molar-refractivity contribution >= 4 is 34.4 Å². The van der Waals surface area contributed by atoms with Gasteiger partial charge in [-0.15, -0.1) is 6.42 Å². The fourth-order valence-electron chi connectivity index (χ4n) is 3.38. The molecule has 2 aromatic carbocycles. The van der Waals surface area contributed by atoms with Crippen LogP contribution in [0.1, 0.15) is 28.8 Å². The van der Waals surface area contributed by atoms with E-state index in [2.05, 4.69) is 26.5 Å². The van der Waals surface area contributed by atoms with Crippen LogP contribution in [-0.2, 0) is 16.0 Å². The predicted molar refractivity (Wildman–Crippen MR) is 124 cm³/mol. The minimum Gasteiger partial charge on any atom is -0.481 e. The quantitative estimate of drug-likeness (QED) is 0.274. The first kappa shape index (κ1) is 24.9. The summed E-state index contributed by atoms with van der Waals surface area (Å²) in [6.45, 7) is 0. The predicted octanol–water partition coefficient (Wildman–Crippen LogP) is 1.77. The van der Waals surface area contributed by atoms with Crippen LogP contribution in [-0.4, -0.2) is 50.1 Å². The second kappa shape index (κ2) is 10.9. The van der Waals surface area contributed by atoms with Gasteiger partial charge in [0.1, 0.15) is 11.9 Å². The first-order chi connectivity index (χ1) is 16.7. The van der Waals surface area contributed by atoms with Gasteiger partial charge in [-0.2, -0.15) is 0 Å². The van der Waals surface area contributed by atoms with Crippen LogP contribution in [0.2, 0.25) is 0 Å². The molecule has 0 aliphatic heterocycles. The number of terminal acetylenes is 1. The van der Waals surface area contributed by atoms with E-state index in [1.54, 1.807) is 18.2 Å². The molecule has 180 valence electrons. The molecule has 0 aliphatic carbocycles. The third kappa shape index (κ3) is 6.42. The van der Waals surface area contributed by atoms with Crippen molar-refractivity contribution in [3.05, 3.63) is 70.0 Å². The Morgan fingerprint density at radius 1 is 1.17 bits per heavy atom. The summed E-state index contributed by atoms with van der Waals surface area (Å²) in [4.78, 5) is 52.8. The second-order valence-corrected chi connectivity index (χ2v) is 7.64. The van der Waals surface area contributed by atoms with Gasteiger partial charge in [-0.1, -0.05) is 12.0 Å². The van der Waals surface area contributed by atoms with Crippen LogP contribution < -0.4 is 16.2 Å². The Labute approximate surface area is 198 Å². The summed E-state index contributed by atoms with van der Waals surface area (Å²) in [6.07, 6.45) is 6.42. The first-order valence-electron chi connectivity index (χ1n) is 10.4. The molecule has 35 heavy (non-hydrogen) atoms. The Hall–Kier alpha value is -4.72. The van der Waals surface area contributed by atoms with E-state index in [1.165, 1.54) is 12.4 Å². The standard InChI is InChI=1S/C24H21FN4O6/c1-2-14(9-13-3-6-19-17(10-13)22(32)27-12-26-19)28-15-4-5-16(18(25)11-15)23(33)29-20(24(34)35)7-8-21(30)31/h1,3-6,10-12,14,20,28H,7-9H2,(H,29,33)(H,30,31)(H,34,35)(H,26,27,32)/t14?,20-/m0/s1. The number of aromatic amines is 1. The molecule has 0 fully saturated rings. The van der Waals surface area contributed by atoms with Crippen LogP contribution in [0, 0.1) is 18.2 Å². The van der Waals surface area contributed by atoms with Gasteiger partial charge in [0.05, 0.1) is 28.8 Å². The van der Waals surface area contributed by atoms with Crippen LogP contribution in [0.25, 0.3) is 10.9 Å². The molecule has 0 aliphatic rings. The number of aromatic nitrogens is 2. The molecule has 3 aromatic rings. The average molecular weight is 480 g/mol. The summed E-state index contributed by atoms with van der Waals surface area (Å²) >= 11 is 0. The molecule has 11 heteroatoms. The monoisotopic (exact) mass is 480 g/mol. The molecule has 0 bridgehead atoms. The number of aliphatic carboxylic acids is 2. The normalized spacial score (nSPS) is 12.3. The summed E-state index contributed by atoms with van der Waals surface area (Å²) in [7, 11) is 0. The van der Waals surface area contributed by atoms with Crippen molar-refractivity contribution < 1.29 is 29.0 Å². The molecular formula is C24H21FN4O6. The van der Waals surface area contributed by atoms with E-state index in [9.17, 15) is 23.6 Å². The van der Waals surface area contributed by atoms with Gasteiger partial charge < -0.3 is 25.8 Å². The maximum atomic E-state index is 14.6. The number of carboxylic acids is 2. The number of hydrogen-bond acceptors (Lipinski definition) is 6. The minimum absolute atomic E-state index is 0.281. The third-order valence-corrected chi connectivity index (χ3v) is 5.15. The number of halogens is 1. The molecule has 2 atom stereocenters. The Morgan fingerprint density at radius 2 is 1.94 bits per heavy atom. The highest BCUT2D eigenvalue weighted by Gasteiger charge is 2.23. The highest BCUT2D eigenvalue weighted by atomic mass is 19.1. The third-order valence-electron chi connectivity index (χ3n) is 5.15. The zero-order valence-corrected chi connectivity index (χ0v) is 18.2. The van der Waals surface area contributed by atoms with Crippen molar-refractivity contribution in [1.82, 2.24) is 15.3 Å². The number of amides is 1. The molecule has 3 rings (SSSR count). The molecule has 10 nitrogen and oxygen atoms in total. The van der Waals surface area contributed by atoms with Gasteiger partial charge >= 0.3 is 11.9 Å². The van der Waals surface area contributed by atoms with E-state index in [-0.39, 0.29) is 17.7 Å². The van der Waals surface area contributed by atoms with Crippen molar-refractivity contribution in [1.29, 1.82) is 0 Å². The molecule has 1 unspecified atom stereocenters. The molecule has 1 amide bonds. The Kier molecular flexibility index (Phi) is 7.78. The van der Waals surface area contributed by atoms with E-state index in [4.69, 9.17) is 16.6 Å². The van der Waals surface area contributed by atoms with Crippen molar-refractivity contribution in [3.63, 3.8) is 0 Å². The van der Waals surface area contributed by atoms with Crippen LogP contribution in [0.3, 0.4) is 0 Å². The lowest BCUT2D eigenvalue weighted by Crippen LogP contribution is -2.41. The van der Waals surface area contributed by atoms with Gasteiger partial charge in [0.2, 0.25) is 0 Å². The summed E-state index contributed by atoms with van der Waals surface area (Å²) < 4.78 is 14.6. The second-order valence-electron chi connectivity index (χ2n) is 7.64. The highest BCUT2D eigenvalue weighted by molar-refractivity contribution is 5.97. The lowest BCUT2D eigenvalue weighted by Gasteiger charge is -2.17. The van der Waals surface area contributed by atoms with Gasteiger partial charge in [0, 0.05) is 18.5 Å². The van der Waals surface area contributed by atoms with Crippen molar-refractivity contribution in [2.75, 3.05) is 5.32 Å². The van der Waals surface area contributed by atoms with Crippen molar-refractivity contribution in [2.24, 2.45) is 0 Å². The first-order valence-corrected chi connectivity index (χ1v) is 10.4. The molecule has 1 aromatic heterocycles. The lowest BCUT2D eigenvalue weighted by atomic mass is 10.0. The van der Waals surface area contributed by atoms with Crippen LogP contribution in [0.15, 0.2) is 47.5 Å². The van der Waals surface area contributed by atoms with Gasteiger partial charge in [0.15, 0.2) is 0 Å². The number of H-pyrrole nitrogens is 1. The maximum absolute atomic E-state index is 14.6. The fraction of sp³-hybridized carbons (Fsp3) is 0.208. The number of anilines is 1. The molecule has 1 heterocycles. The van der Waals surface area contributed by atoms with E-state index < -0.39 is 47.7 Å². The van der Waals surface area contributed by atoms with E-state index in [1.807, 2.05) is 0 Å². The topological polar surface area (TPSA) is 161 Å². The van der Waals surface area contributed by atoms with Gasteiger partial charge in [-0.25, -0.2) is 14.2 Å². The smallest absolute Gasteiger partial charge is 0.326 e. The number of carbonyl (C=O) groups excluding carboxylic acids is 1. The number of fused-ring (bicyclic) bond motifs is 1. The summed E-state index contributed by atoms with van der Waals surface area (Å²) in [5, 5.41) is 23.4. The molecule has 0 saturated carbocycles. The number of carboxylic acid groups (broad SMARTS) is 2. The van der Waals surface area contributed by atoms with E-state index in [0.29, 0.717) is 17.3 Å². The summed E-state index contributed by atoms with van der Waals surface area (Å²) in [6, 6.07) is 6.70. The number of carbonyl (C=O) groups is 3. The number of nitrogens with zero attached hydrogens (tertiary/aromatic N) is 1. The zero-order valence-electron chi connectivity index (χ0n) is 18.2. The fourth-order valence-corrected chi connectivity index (χ4v) is 3.38. The Bertz CT molecular complexity index is 1380. The van der Waals surface area contributed by atoms with Gasteiger partial charge in [-0.05, 0) is 42.3 Å². The van der Waals surface area contributed by atoms with Gasteiger partial charge in [0.25, 0.3) is 11.5 Å². The number of nitrogens with one attached hydrogen (secondary N) is 3. The van der Waals surface area contributed by atoms with Crippen molar-refractivity contribution in [2.45, 2.75) is 31.3 Å². The maximum Gasteiger partial charge on any atom is 0.326 e. The number of rotatable bonds is 10. The SMILES string of the molecule is C#CC(Cc1ccc2nc[nH]c(=O)c2c1)Nc1ccc(C(=O)N[C@@H](CCC(=O)O)C(=O)O)c(F)c1. The lowest BCUT2D eigenvalue weighted by molar-refractivity contribution is -0.140. The number of benzene rings is 2. The minimum atomic E-state index is -1.48. The largest absolute Gasteiger partial charge is 0.481 e. The van der Waals surface area contributed by atoms with Crippen LogP contribution in [0.4, 0.5) is 10.1 Å².